The number of esters is 1. The van der Waals surface area contributed by atoms with Crippen LogP contribution in [0.25, 0.3) is 0 Å². The van der Waals surface area contributed by atoms with Gasteiger partial charge in [-0.1, -0.05) is 37.3 Å². The van der Waals surface area contributed by atoms with Gasteiger partial charge < -0.3 is 15.8 Å². The largest absolute Gasteiger partial charge is 0.461 e. The fourth-order valence-electron chi connectivity index (χ4n) is 2.14. The van der Waals surface area contributed by atoms with Gasteiger partial charge in [-0.15, -0.1) is 11.3 Å². The molecule has 0 radical (unpaired) electrons. The first-order chi connectivity index (χ1) is 11.5. The van der Waals surface area contributed by atoms with E-state index >= 15 is 0 Å². The van der Waals surface area contributed by atoms with E-state index < -0.39 is 5.97 Å². The zero-order valence-corrected chi connectivity index (χ0v) is 14.5. The zero-order valence-electron chi connectivity index (χ0n) is 13.7. The van der Waals surface area contributed by atoms with Crippen molar-refractivity contribution < 1.29 is 14.3 Å². The van der Waals surface area contributed by atoms with E-state index in [1.165, 1.54) is 11.3 Å². The van der Waals surface area contributed by atoms with Crippen LogP contribution in [0.3, 0.4) is 0 Å². The molecule has 0 fully saturated rings. The average molecular weight is 347 g/mol. The zero-order chi connectivity index (χ0) is 17.5. The van der Waals surface area contributed by atoms with Crippen molar-refractivity contribution in [2.45, 2.75) is 26.4 Å². The number of nitrogens with one attached hydrogen (secondary N) is 1. The lowest BCUT2D eigenvalue weighted by atomic mass is 9.95. The van der Waals surface area contributed by atoms with Gasteiger partial charge in [0.15, 0.2) is 5.69 Å². The van der Waals surface area contributed by atoms with Crippen LogP contribution >= 0.6 is 11.3 Å². The van der Waals surface area contributed by atoms with Crippen LogP contribution in [0.4, 0.5) is 0 Å². The Hall–Kier alpha value is -2.25. The summed E-state index contributed by atoms with van der Waals surface area (Å²) in [6.45, 7) is 4.09. The van der Waals surface area contributed by atoms with Gasteiger partial charge in [0.2, 0.25) is 5.91 Å². The molecule has 1 aromatic carbocycles. The van der Waals surface area contributed by atoms with Crippen molar-refractivity contribution in [1.29, 1.82) is 0 Å². The predicted octanol–water partition coefficient (Wildman–Crippen LogP) is 2.27. The molecule has 0 aliphatic carbocycles. The Morgan fingerprint density at radius 2 is 2.04 bits per heavy atom. The number of hydrogen-bond donors (Lipinski definition) is 2. The van der Waals surface area contributed by atoms with Gasteiger partial charge in [-0.2, -0.15) is 0 Å². The van der Waals surface area contributed by atoms with Crippen LogP contribution in [0.15, 0.2) is 35.7 Å². The lowest BCUT2D eigenvalue weighted by Gasteiger charge is -2.19. The second kappa shape index (κ2) is 8.56. The predicted molar refractivity (Wildman–Crippen MR) is 92.5 cm³/mol. The Kier molecular flexibility index (Phi) is 6.45. The van der Waals surface area contributed by atoms with Gasteiger partial charge in [-0.3, -0.25) is 4.79 Å². The molecule has 0 saturated heterocycles. The maximum atomic E-state index is 12.3. The van der Waals surface area contributed by atoms with Gasteiger partial charge in [0.1, 0.15) is 5.01 Å². The van der Waals surface area contributed by atoms with E-state index in [-0.39, 0.29) is 30.1 Å². The summed E-state index contributed by atoms with van der Waals surface area (Å²) >= 11 is 1.30. The molecule has 2 atom stereocenters. The second-order valence-corrected chi connectivity index (χ2v) is 6.23. The molecule has 2 unspecified atom stereocenters. The summed E-state index contributed by atoms with van der Waals surface area (Å²) in [5.74, 6) is -0.984. The Bertz CT molecular complexity index is 687. The summed E-state index contributed by atoms with van der Waals surface area (Å²) in [4.78, 5) is 28.0. The van der Waals surface area contributed by atoms with Crippen molar-refractivity contribution >= 4 is 23.2 Å². The summed E-state index contributed by atoms with van der Waals surface area (Å²) < 4.78 is 4.89. The summed E-state index contributed by atoms with van der Waals surface area (Å²) in [7, 11) is 0. The van der Waals surface area contributed by atoms with Crippen molar-refractivity contribution in [3.8, 4) is 0 Å². The molecule has 0 spiro atoms. The van der Waals surface area contributed by atoms with Gasteiger partial charge in [-0.05, 0) is 12.5 Å². The van der Waals surface area contributed by atoms with Crippen LogP contribution in [-0.4, -0.2) is 23.5 Å². The van der Waals surface area contributed by atoms with Gasteiger partial charge >= 0.3 is 5.97 Å². The van der Waals surface area contributed by atoms with Gasteiger partial charge in [-0.25, -0.2) is 9.78 Å². The SMILES string of the molecule is CCOC(=O)c1csc(CNC(=O)C(C)C(N)c2ccccc2)n1. The highest BCUT2D eigenvalue weighted by Crippen LogP contribution is 2.19. The van der Waals surface area contributed by atoms with Crippen molar-refractivity contribution in [2.75, 3.05) is 6.61 Å². The lowest BCUT2D eigenvalue weighted by Crippen LogP contribution is -2.35. The van der Waals surface area contributed by atoms with E-state index in [1.807, 2.05) is 30.3 Å². The second-order valence-electron chi connectivity index (χ2n) is 5.29. The van der Waals surface area contributed by atoms with Gasteiger partial charge in [0.05, 0.1) is 19.1 Å². The molecule has 1 amide bonds. The molecule has 0 aliphatic rings. The van der Waals surface area contributed by atoms with Crippen LogP contribution in [-0.2, 0) is 16.1 Å². The minimum atomic E-state index is -0.453. The maximum absolute atomic E-state index is 12.3. The van der Waals surface area contributed by atoms with Crippen molar-refractivity contribution in [2.24, 2.45) is 11.7 Å². The van der Waals surface area contributed by atoms with Crippen LogP contribution in [0.1, 0.15) is 40.9 Å². The van der Waals surface area contributed by atoms with Crippen molar-refractivity contribution in [1.82, 2.24) is 10.3 Å². The number of aromatic nitrogens is 1. The molecule has 2 rings (SSSR count). The third-order valence-electron chi connectivity index (χ3n) is 3.59. The van der Waals surface area contributed by atoms with Gasteiger partial charge in [0.25, 0.3) is 0 Å². The van der Waals surface area contributed by atoms with E-state index in [1.54, 1.807) is 19.2 Å². The van der Waals surface area contributed by atoms with E-state index in [9.17, 15) is 9.59 Å². The quantitative estimate of drug-likeness (QED) is 0.749. The van der Waals surface area contributed by atoms with Crippen LogP contribution < -0.4 is 11.1 Å². The molecule has 1 aromatic heterocycles. The highest BCUT2D eigenvalue weighted by atomic mass is 32.1. The summed E-state index contributed by atoms with van der Waals surface area (Å²) in [6.07, 6.45) is 0. The minimum absolute atomic E-state index is 0.153. The number of thiazole rings is 1. The Balaban J connectivity index is 1.89. The Morgan fingerprint density at radius 1 is 1.33 bits per heavy atom. The molecule has 1 heterocycles. The van der Waals surface area contributed by atoms with Crippen LogP contribution in [0.5, 0.6) is 0 Å². The monoisotopic (exact) mass is 347 g/mol. The molecule has 0 bridgehead atoms. The number of rotatable bonds is 7. The van der Waals surface area contributed by atoms with Crippen LogP contribution in [0.2, 0.25) is 0 Å². The Morgan fingerprint density at radius 3 is 2.71 bits per heavy atom. The van der Waals surface area contributed by atoms with E-state index in [0.717, 1.165) is 5.56 Å². The number of benzene rings is 1. The average Bonchev–Trinajstić information content (AvgIpc) is 3.08. The highest BCUT2D eigenvalue weighted by molar-refractivity contribution is 7.09. The third kappa shape index (κ3) is 4.62. The fraction of sp³-hybridized carbons (Fsp3) is 0.353. The first-order valence-corrected chi connectivity index (χ1v) is 8.60. The van der Waals surface area contributed by atoms with E-state index in [0.29, 0.717) is 11.6 Å². The molecule has 0 aliphatic heterocycles. The van der Waals surface area contributed by atoms with Crippen molar-refractivity contribution in [3.63, 3.8) is 0 Å². The standard InChI is InChI=1S/C17H21N3O3S/c1-3-23-17(22)13-10-24-14(20-13)9-19-16(21)11(2)15(18)12-7-5-4-6-8-12/h4-8,10-11,15H,3,9,18H2,1-2H3,(H,19,21). The van der Waals surface area contributed by atoms with E-state index in [2.05, 4.69) is 10.3 Å². The smallest absolute Gasteiger partial charge is 0.357 e. The number of carbonyl (C=O) groups is 2. The lowest BCUT2D eigenvalue weighted by molar-refractivity contribution is -0.125. The highest BCUT2D eigenvalue weighted by Gasteiger charge is 2.22. The third-order valence-corrected chi connectivity index (χ3v) is 4.44. The van der Waals surface area contributed by atoms with E-state index in [4.69, 9.17) is 10.5 Å². The summed E-state index contributed by atoms with van der Waals surface area (Å²) in [5, 5.41) is 5.08. The molecule has 7 heteroatoms. The molecule has 2 aromatic rings. The Labute approximate surface area is 145 Å². The normalized spacial score (nSPS) is 13.1. The molecule has 6 nitrogen and oxygen atoms in total. The first-order valence-electron chi connectivity index (χ1n) is 7.72. The number of nitrogens with two attached hydrogens (primary N) is 1. The molecule has 3 N–H and O–H groups in total. The molecule has 24 heavy (non-hydrogen) atoms. The van der Waals surface area contributed by atoms with Crippen molar-refractivity contribution in [3.05, 3.63) is 52.0 Å². The summed E-state index contributed by atoms with van der Waals surface area (Å²) in [5.41, 5.74) is 7.33. The molecular weight excluding hydrogens is 326 g/mol. The number of carbonyl (C=O) groups excluding carboxylic acids is 2. The number of ether oxygens (including phenoxy) is 1. The summed E-state index contributed by atoms with van der Waals surface area (Å²) in [6, 6.07) is 9.13. The number of hydrogen-bond acceptors (Lipinski definition) is 6. The topological polar surface area (TPSA) is 94.3 Å². The fourth-order valence-corrected chi connectivity index (χ4v) is 2.84. The van der Waals surface area contributed by atoms with Crippen LogP contribution in [0, 0.1) is 5.92 Å². The molecule has 128 valence electrons. The number of amides is 1. The number of nitrogens with zero attached hydrogens (tertiary/aromatic N) is 1. The maximum Gasteiger partial charge on any atom is 0.357 e. The first kappa shape index (κ1) is 18.1. The van der Waals surface area contributed by atoms with Gasteiger partial charge in [0, 0.05) is 11.4 Å². The molecule has 0 saturated carbocycles. The molecular formula is C17H21N3O3S. The minimum Gasteiger partial charge on any atom is -0.461 e.